The Balaban J connectivity index is 2.04. The zero-order chi connectivity index (χ0) is 13.4. The van der Waals surface area contributed by atoms with E-state index in [2.05, 4.69) is 25.9 Å². The summed E-state index contributed by atoms with van der Waals surface area (Å²) < 4.78 is 19.4. The van der Waals surface area contributed by atoms with Gasteiger partial charge in [0.15, 0.2) is 0 Å². The number of benzene rings is 1. The van der Waals surface area contributed by atoms with Gasteiger partial charge in [-0.3, -0.25) is 0 Å². The first kappa shape index (κ1) is 12.3. The summed E-state index contributed by atoms with van der Waals surface area (Å²) in [6.07, 6.45) is 0. The van der Waals surface area contributed by atoms with E-state index in [1.807, 2.05) is 11.4 Å². The molecule has 0 spiro atoms. The molecular formula is C12H7BrFN3OS. The molecule has 0 bridgehead atoms. The highest BCUT2D eigenvalue weighted by molar-refractivity contribution is 9.10. The molecule has 0 atom stereocenters. The van der Waals surface area contributed by atoms with Crippen molar-refractivity contribution in [2.45, 2.75) is 0 Å². The fourth-order valence-corrected chi connectivity index (χ4v) is 2.58. The van der Waals surface area contributed by atoms with Crippen LogP contribution in [0.25, 0.3) is 10.2 Å². The summed E-state index contributed by atoms with van der Waals surface area (Å²) in [5, 5.41) is 2.62. The highest BCUT2D eigenvalue weighted by atomic mass is 79.9. The minimum Gasteiger partial charge on any atom is -0.438 e. The second kappa shape index (κ2) is 4.75. The largest absolute Gasteiger partial charge is 0.438 e. The Morgan fingerprint density at radius 1 is 1.26 bits per heavy atom. The lowest BCUT2D eigenvalue weighted by molar-refractivity contribution is 0.464. The van der Waals surface area contributed by atoms with Gasteiger partial charge in [-0.15, -0.1) is 11.3 Å². The van der Waals surface area contributed by atoms with Crippen molar-refractivity contribution in [2.24, 2.45) is 0 Å². The maximum absolute atomic E-state index is 13.4. The van der Waals surface area contributed by atoms with Crippen molar-refractivity contribution in [3.05, 3.63) is 39.9 Å². The lowest BCUT2D eigenvalue weighted by Gasteiger charge is -2.07. The molecule has 7 heteroatoms. The van der Waals surface area contributed by atoms with Crippen LogP contribution in [0.4, 0.5) is 10.3 Å². The molecular weight excluding hydrogens is 333 g/mol. The number of hydrogen-bond acceptors (Lipinski definition) is 5. The van der Waals surface area contributed by atoms with Crippen LogP contribution in [0.3, 0.4) is 0 Å². The van der Waals surface area contributed by atoms with E-state index in [9.17, 15) is 4.39 Å². The van der Waals surface area contributed by atoms with Crippen molar-refractivity contribution < 1.29 is 9.13 Å². The van der Waals surface area contributed by atoms with Crippen LogP contribution in [-0.4, -0.2) is 9.97 Å². The number of nitrogens with zero attached hydrogens (tertiary/aromatic N) is 2. The molecule has 2 heterocycles. The van der Waals surface area contributed by atoms with Gasteiger partial charge in [-0.2, -0.15) is 4.98 Å². The van der Waals surface area contributed by atoms with Crippen molar-refractivity contribution in [1.82, 2.24) is 9.97 Å². The number of ether oxygens (including phenoxy) is 1. The van der Waals surface area contributed by atoms with E-state index in [0.29, 0.717) is 16.1 Å². The van der Waals surface area contributed by atoms with Crippen LogP contribution in [0.5, 0.6) is 11.6 Å². The zero-order valence-electron chi connectivity index (χ0n) is 9.43. The summed E-state index contributed by atoms with van der Waals surface area (Å²) in [5.74, 6) is 0.403. The van der Waals surface area contributed by atoms with Crippen LogP contribution in [0.1, 0.15) is 0 Å². The average Bonchev–Trinajstić information content (AvgIpc) is 2.82. The van der Waals surface area contributed by atoms with Gasteiger partial charge in [0.05, 0.1) is 9.86 Å². The predicted octanol–water partition coefficient (Wildman–Crippen LogP) is 3.97. The van der Waals surface area contributed by atoms with Gasteiger partial charge in [0.25, 0.3) is 0 Å². The summed E-state index contributed by atoms with van der Waals surface area (Å²) in [6, 6.07) is 6.33. The molecule has 4 nitrogen and oxygen atoms in total. The quantitative estimate of drug-likeness (QED) is 0.767. The highest BCUT2D eigenvalue weighted by Crippen LogP contribution is 2.31. The second-order valence-electron chi connectivity index (χ2n) is 3.70. The van der Waals surface area contributed by atoms with Crippen LogP contribution < -0.4 is 10.5 Å². The first-order valence-electron chi connectivity index (χ1n) is 5.27. The van der Waals surface area contributed by atoms with E-state index in [1.165, 1.54) is 17.4 Å². The Hall–Kier alpha value is -1.73. The van der Waals surface area contributed by atoms with Crippen LogP contribution in [0, 0.1) is 5.82 Å². The summed E-state index contributed by atoms with van der Waals surface area (Å²) >= 11 is 4.52. The van der Waals surface area contributed by atoms with Crippen LogP contribution in [0.15, 0.2) is 34.1 Å². The molecule has 0 amide bonds. The Kier molecular flexibility index (Phi) is 3.08. The predicted molar refractivity (Wildman–Crippen MR) is 76.0 cm³/mol. The third-order valence-electron chi connectivity index (χ3n) is 2.41. The average molecular weight is 340 g/mol. The number of rotatable bonds is 2. The number of nitrogens with two attached hydrogens (primary N) is 1. The minimum atomic E-state index is -0.402. The van der Waals surface area contributed by atoms with E-state index in [1.54, 1.807) is 12.1 Å². The molecule has 0 aliphatic carbocycles. The van der Waals surface area contributed by atoms with E-state index in [-0.39, 0.29) is 5.95 Å². The Bertz CT molecular complexity index is 762. The van der Waals surface area contributed by atoms with Crippen molar-refractivity contribution in [3.8, 4) is 11.6 Å². The van der Waals surface area contributed by atoms with Crippen molar-refractivity contribution in [2.75, 3.05) is 5.73 Å². The highest BCUT2D eigenvalue weighted by Gasteiger charge is 2.10. The molecule has 3 rings (SSSR count). The van der Waals surface area contributed by atoms with Gasteiger partial charge >= 0.3 is 0 Å². The summed E-state index contributed by atoms with van der Waals surface area (Å²) in [5.41, 5.74) is 5.61. The van der Waals surface area contributed by atoms with Gasteiger partial charge < -0.3 is 10.5 Å². The van der Waals surface area contributed by atoms with E-state index >= 15 is 0 Å². The van der Waals surface area contributed by atoms with Crippen LogP contribution in [0.2, 0.25) is 0 Å². The molecule has 3 aromatic rings. The second-order valence-corrected chi connectivity index (χ2v) is 5.45. The number of anilines is 1. The smallest absolute Gasteiger partial charge is 0.232 e. The van der Waals surface area contributed by atoms with Gasteiger partial charge in [0.1, 0.15) is 16.4 Å². The fraction of sp³-hybridized carbons (Fsp3) is 0. The fourth-order valence-electron chi connectivity index (χ4n) is 1.57. The molecule has 0 radical (unpaired) electrons. The molecule has 0 saturated carbocycles. The lowest BCUT2D eigenvalue weighted by Crippen LogP contribution is -1.97. The minimum absolute atomic E-state index is 0.127. The Morgan fingerprint density at radius 3 is 2.89 bits per heavy atom. The Morgan fingerprint density at radius 2 is 2.11 bits per heavy atom. The number of hydrogen-bond donors (Lipinski definition) is 1. The van der Waals surface area contributed by atoms with E-state index < -0.39 is 5.82 Å². The maximum atomic E-state index is 13.4. The van der Waals surface area contributed by atoms with Crippen molar-refractivity contribution in [1.29, 1.82) is 0 Å². The molecule has 96 valence electrons. The topological polar surface area (TPSA) is 61.0 Å². The van der Waals surface area contributed by atoms with Gasteiger partial charge in [0.2, 0.25) is 11.8 Å². The van der Waals surface area contributed by atoms with Crippen molar-refractivity contribution >= 4 is 43.4 Å². The molecule has 0 aliphatic rings. The molecule has 19 heavy (non-hydrogen) atoms. The summed E-state index contributed by atoms with van der Waals surface area (Å²) in [4.78, 5) is 8.87. The third kappa shape index (κ3) is 2.39. The SMILES string of the molecule is Nc1nc(Oc2ccc(Br)c(F)c2)c2ccsc2n1. The summed E-state index contributed by atoms with van der Waals surface area (Å²) in [6.45, 7) is 0. The number of fused-ring (bicyclic) bond motifs is 1. The number of halogens is 2. The van der Waals surface area contributed by atoms with Crippen LogP contribution >= 0.6 is 27.3 Å². The maximum Gasteiger partial charge on any atom is 0.232 e. The number of nitrogen functional groups attached to an aromatic ring is 1. The molecule has 0 aliphatic heterocycles. The van der Waals surface area contributed by atoms with E-state index in [0.717, 1.165) is 10.2 Å². The molecule has 0 fully saturated rings. The summed E-state index contributed by atoms with van der Waals surface area (Å²) in [7, 11) is 0. The zero-order valence-corrected chi connectivity index (χ0v) is 11.8. The number of aromatic nitrogens is 2. The molecule has 1 aromatic carbocycles. The van der Waals surface area contributed by atoms with Gasteiger partial charge in [0, 0.05) is 6.07 Å². The van der Waals surface area contributed by atoms with Crippen molar-refractivity contribution in [3.63, 3.8) is 0 Å². The molecule has 0 saturated heterocycles. The standard InChI is InChI=1S/C12H7BrFN3OS/c13-8-2-1-6(5-9(8)14)18-10-7-3-4-19-11(7)17-12(15)16-10/h1-5H,(H2,15,16,17). The van der Waals surface area contributed by atoms with Crippen LogP contribution in [-0.2, 0) is 0 Å². The lowest BCUT2D eigenvalue weighted by atomic mass is 10.3. The Labute approximate surface area is 120 Å². The van der Waals surface area contributed by atoms with Gasteiger partial charge in [-0.1, -0.05) is 0 Å². The molecule has 2 N–H and O–H groups in total. The number of thiophene rings is 1. The first-order chi connectivity index (χ1) is 9.13. The monoisotopic (exact) mass is 339 g/mol. The van der Waals surface area contributed by atoms with Gasteiger partial charge in [-0.05, 0) is 39.5 Å². The first-order valence-corrected chi connectivity index (χ1v) is 6.94. The van der Waals surface area contributed by atoms with Gasteiger partial charge in [-0.25, -0.2) is 9.37 Å². The normalized spacial score (nSPS) is 10.8. The van der Waals surface area contributed by atoms with E-state index in [4.69, 9.17) is 10.5 Å². The third-order valence-corrected chi connectivity index (χ3v) is 3.86. The molecule has 0 unspecified atom stereocenters. The molecule has 2 aromatic heterocycles.